The van der Waals surface area contributed by atoms with Crippen molar-refractivity contribution < 1.29 is 23.1 Å². The summed E-state index contributed by atoms with van der Waals surface area (Å²) in [5, 5.41) is 20.3. The van der Waals surface area contributed by atoms with E-state index < -0.39 is 21.8 Å². The molecule has 35 heavy (non-hydrogen) atoms. The molecule has 2 heterocycles. The fourth-order valence-corrected chi connectivity index (χ4v) is 5.59. The van der Waals surface area contributed by atoms with Gasteiger partial charge < -0.3 is 15.2 Å². The fourth-order valence-electron chi connectivity index (χ4n) is 3.95. The van der Waals surface area contributed by atoms with Crippen molar-refractivity contribution in [2.45, 2.75) is 45.1 Å². The van der Waals surface area contributed by atoms with Crippen molar-refractivity contribution in [2.24, 2.45) is 0 Å². The van der Waals surface area contributed by atoms with Crippen molar-refractivity contribution >= 4 is 22.0 Å². The minimum absolute atomic E-state index is 0.329. The van der Waals surface area contributed by atoms with Crippen LogP contribution in [0.25, 0.3) is 0 Å². The monoisotopic (exact) mass is 501 g/mol. The summed E-state index contributed by atoms with van der Waals surface area (Å²) >= 11 is 0. The van der Waals surface area contributed by atoms with Crippen molar-refractivity contribution in [3.8, 4) is 11.8 Å². The number of ether oxygens (including phenoxy) is 1. The molecular formula is C24H31N5O5S. The second kappa shape index (κ2) is 11.4. The number of amides is 1. The van der Waals surface area contributed by atoms with Crippen LogP contribution in [-0.2, 0) is 16.6 Å². The molecule has 0 unspecified atom stereocenters. The maximum absolute atomic E-state index is 13.1. The largest absolute Gasteiger partial charge is 0.494 e. The average molecular weight is 502 g/mol. The summed E-state index contributed by atoms with van der Waals surface area (Å²) in [6, 6.07) is 12.4. The molecule has 0 spiro atoms. The number of anilines is 1. The molecule has 0 atom stereocenters. The molecule has 1 fully saturated rings. The molecular weight excluding hydrogens is 470 g/mol. The zero-order chi connectivity index (χ0) is 25.5. The second-order valence-electron chi connectivity index (χ2n) is 9.02. The number of rotatable bonds is 11. The highest BCUT2D eigenvalue weighted by molar-refractivity contribution is 7.90. The number of nitrogens with one attached hydrogen (secondary N) is 1. The first-order valence-corrected chi connectivity index (χ1v) is 12.9. The van der Waals surface area contributed by atoms with Gasteiger partial charge in [0.05, 0.1) is 23.9 Å². The van der Waals surface area contributed by atoms with Crippen LogP contribution in [0.4, 0.5) is 10.5 Å². The normalized spacial score (nSPS) is 15.5. The van der Waals surface area contributed by atoms with E-state index in [4.69, 9.17) is 15.1 Å². The van der Waals surface area contributed by atoms with Gasteiger partial charge >= 0.3 is 16.3 Å². The van der Waals surface area contributed by atoms with Crippen molar-refractivity contribution in [2.75, 3.05) is 30.5 Å². The first-order chi connectivity index (χ1) is 16.6. The van der Waals surface area contributed by atoms with Crippen LogP contribution in [0.3, 0.4) is 0 Å². The summed E-state index contributed by atoms with van der Waals surface area (Å²) in [5.41, 5.74) is 0.980. The summed E-state index contributed by atoms with van der Waals surface area (Å²) in [6.07, 6.45) is 3.10. The number of nitrogens with zero attached hydrogens (tertiary/aromatic N) is 4. The smallest absolute Gasteiger partial charge is 0.405 e. The molecule has 1 aliphatic heterocycles. The lowest BCUT2D eigenvalue weighted by atomic mass is 9.98. The molecule has 2 N–H and O–H groups in total. The minimum Gasteiger partial charge on any atom is -0.494 e. The molecule has 1 aromatic heterocycles. The molecule has 3 rings (SSSR count). The molecule has 1 saturated heterocycles. The topological polar surface area (TPSA) is 136 Å². The van der Waals surface area contributed by atoms with E-state index in [1.807, 2.05) is 0 Å². The first kappa shape index (κ1) is 26.2. The van der Waals surface area contributed by atoms with Crippen molar-refractivity contribution in [3.05, 3.63) is 53.9 Å². The molecule has 0 radical (unpaired) electrons. The predicted octanol–water partition coefficient (Wildman–Crippen LogP) is 3.16. The molecule has 1 aromatic carbocycles. The van der Waals surface area contributed by atoms with Gasteiger partial charge in [-0.3, -0.25) is 9.29 Å². The number of aromatic nitrogens is 1. The van der Waals surface area contributed by atoms with Gasteiger partial charge in [-0.2, -0.15) is 18.0 Å². The van der Waals surface area contributed by atoms with Gasteiger partial charge in [0, 0.05) is 43.5 Å². The highest BCUT2D eigenvalue weighted by atomic mass is 32.2. The number of carboxylic acid groups (broad SMARTS) is 1. The van der Waals surface area contributed by atoms with E-state index in [0.29, 0.717) is 55.4 Å². The highest BCUT2D eigenvalue weighted by Gasteiger charge is 2.36. The van der Waals surface area contributed by atoms with E-state index in [1.165, 1.54) is 8.61 Å². The summed E-state index contributed by atoms with van der Waals surface area (Å²) in [7, 11) is -3.63. The van der Waals surface area contributed by atoms with Crippen LogP contribution in [0.1, 0.15) is 44.4 Å². The molecule has 1 aliphatic rings. The van der Waals surface area contributed by atoms with Gasteiger partial charge in [0.2, 0.25) is 0 Å². The lowest BCUT2D eigenvalue weighted by molar-refractivity contribution is 0.182. The number of unbranched alkanes of at least 4 members (excludes halogenated alkanes) is 2. The molecule has 10 nitrogen and oxygen atoms in total. The van der Waals surface area contributed by atoms with Crippen LogP contribution in [0.15, 0.2) is 42.6 Å². The van der Waals surface area contributed by atoms with Crippen molar-refractivity contribution in [1.29, 1.82) is 5.26 Å². The molecule has 11 heteroatoms. The third-order valence-electron chi connectivity index (χ3n) is 5.62. The van der Waals surface area contributed by atoms with Crippen molar-refractivity contribution in [3.63, 3.8) is 0 Å². The molecule has 2 aromatic rings. The Labute approximate surface area is 206 Å². The summed E-state index contributed by atoms with van der Waals surface area (Å²) < 4.78 is 34.7. The van der Waals surface area contributed by atoms with E-state index in [-0.39, 0.29) is 0 Å². The number of nitriles is 1. The first-order valence-electron chi connectivity index (χ1n) is 11.5. The molecule has 1 amide bonds. The van der Waals surface area contributed by atoms with E-state index >= 15 is 0 Å². The number of hydrogen-bond acceptors (Lipinski definition) is 6. The number of benzene rings is 1. The van der Waals surface area contributed by atoms with Crippen LogP contribution in [0.2, 0.25) is 0 Å². The summed E-state index contributed by atoms with van der Waals surface area (Å²) in [6.45, 7) is 5.22. The van der Waals surface area contributed by atoms with Gasteiger partial charge in [-0.05, 0) is 69.5 Å². The second-order valence-corrected chi connectivity index (χ2v) is 10.9. The summed E-state index contributed by atoms with van der Waals surface area (Å²) in [4.78, 5) is 15.3. The number of pyridine rings is 1. The third-order valence-corrected chi connectivity index (χ3v) is 7.59. The Morgan fingerprint density at radius 3 is 2.63 bits per heavy atom. The lowest BCUT2D eigenvalue weighted by Crippen LogP contribution is -2.44. The lowest BCUT2D eigenvalue weighted by Gasteiger charge is -2.25. The maximum atomic E-state index is 13.1. The number of carbonyl (C=O) groups is 1. The van der Waals surface area contributed by atoms with Gasteiger partial charge in [0.15, 0.2) is 0 Å². The standard InChI is InChI=1S/C24H31N5O5S/c1-24(2,27-23(30)31)17-20-16-21(10-11-26-20)29-14-13-28(35(29,32)33)12-4-3-5-15-34-22-8-6-19(18-25)7-9-22/h6-11,16,27H,3-5,12-15,17H2,1-2H3,(H,30,31). The highest BCUT2D eigenvalue weighted by Crippen LogP contribution is 2.26. The van der Waals surface area contributed by atoms with Gasteiger partial charge in [-0.25, -0.2) is 4.79 Å². The van der Waals surface area contributed by atoms with Crippen LogP contribution < -0.4 is 14.4 Å². The fraction of sp³-hybridized carbons (Fsp3) is 0.458. The van der Waals surface area contributed by atoms with E-state index in [0.717, 1.165) is 19.3 Å². The van der Waals surface area contributed by atoms with Crippen LogP contribution >= 0.6 is 0 Å². The Morgan fingerprint density at radius 2 is 1.94 bits per heavy atom. The van der Waals surface area contributed by atoms with Gasteiger partial charge in [-0.1, -0.05) is 0 Å². The van der Waals surface area contributed by atoms with Crippen LogP contribution in [0, 0.1) is 11.3 Å². The van der Waals surface area contributed by atoms with E-state index in [9.17, 15) is 13.2 Å². The SMILES string of the molecule is CC(C)(Cc1cc(N2CCN(CCCCCOc3ccc(C#N)cc3)S2(=O)=O)ccn1)NC(=O)O. The van der Waals surface area contributed by atoms with E-state index in [1.54, 1.807) is 56.4 Å². The Bertz CT molecular complexity index is 1160. The minimum atomic E-state index is -3.63. The quantitative estimate of drug-likeness (QED) is 0.451. The average Bonchev–Trinajstić information content (AvgIpc) is 3.09. The van der Waals surface area contributed by atoms with Gasteiger partial charge in [0.1, 0.15) is 5.75 Å². The Balaban J connectivity index is 1.48. The Hall–Kier alpha value is -3.36. The van der Waals surface area contributed by atoms with Gasteiger partial charge in [-0.15, -0.1) is 0 Å². The molecule has 0 bridgehead atoms. The predicted molar refractivity (Wildman–Crippen MR) is 132 cm³/mol. The maximum Gasteiger partial charge on any atom is 0.405 e. The van der Waals surface area contributed by atoms with Crippen LogP contribution in [-0.4, -0.2) is 60.7 Å². The summed E-state index contributed by atoms with van der Waals surface area (Å²) in [5.74, 6) is 0.709. The molecule has 188 valence electrons. The molecule has 0 saturated carbocycles. The zero-order valence-corrected chi connectivity index (χ0v) is 20.8. The zero-order valence-electron chi connectivity index (χ0n) is 20.0. The Morgan fingerprint density at radius 1 is 1.20 bits per heavy atom. The third kappa shape index (κ3) is 7.31. The molecule has 0 aliphatic carbocycles. The number of hydrogen-bond donors (Lipinski definition) is 2. The van der Waals surface area contributed by atoms with E-state index in [2.05, 4.69) is 16.4 Å². The Kier molecular flexibility index (Phi) is 8.53. The van der Waals surface area contributed by atoms with Gasteiger partial charge in [0.25, 0.3) is 0 Å². The van der Waals surface area contributed by atoms with Crippen molar-refractivity contribution in [1.82, 2.24) is 14.6 Å². The van der Waals surface area contributed by atoms with Crippen LogP contribution in [0.5, 0.6) is 5.75 Å².